The molecule has 1 N–H and O–H groups in total. The highest BCUT2D eigenvalue weighted by Gasteiger charge is 2.33. The summed E-state index contributed by atoms with van der Waals surface area (Å²) in [6, 6.07) is 12.0. The Balaban J connectivity index is 1.32. The largest absolute Gasteiger partial charge is 0.491 e. The van der Waals surface area contributed by atoms with Crippen LogP contribution in [0.5, 0.6) is 5.75 Å². The highest BCUT2D eigenvalue weighted by atomic mass is 35.5. The second-order valence-electron chi connectivity index (χ2n) is 8.94. The molecule has 2 heterocycles. The first-order valence-corrected chi connectivity index (χ1v) is 11.4. The summed E-state index contributed by atoms with van der Waals surface area (Å²) in [6.45, 7) is 6.79. The van der Waals surface area contributed by atoms with Crippen LogP contribution in [0.15, 0.2) is 36.4 Å². The van der Waals surface area contributed by atoms with E-state index in [-0.39, 0.29) is 12.5 Å². The lowest BCUT2D eigenvalue weighted by Gasteiger charge is -2.27. The molecule has 2 aliphatic heterocycles. The van der Waals surface area contributed by atoms with Gasteiger partial charge in [-0.1, -0.05) is 29.8 Å². The van der Waals surface area contributed by atoms with Gasteiger partial charge >= 0.3 is 0 Å². The molecule has 0 aromatic heterocycles. The lowest BCUT2D eigenvalue weighted by molar-refractivity contribution is -0.119. The van der Waals surface area contributed by atoms with Crippen LogP contribution >= 0.6 is 11.6 Å². The van der Waals surface area contributed by atoms with E-state index in [4.69, 9.17) is 16.3 Å². The summed E-state index contributed by atoms with van der Waals surface area (Å²) in [5, 5.41) is 11.9. The van der Waals surface area contributed by atoms with Crippen molar-refractivity contribution in [3.63, 3.8) is 0 Å². The maximum absolute atomic E-state index is 12.9. The monoisotopic (exact) mass is 442 g/mol. The number of nitrogens with zero attached hydrogens (tertiary/aromatic N) is 2. The van der Waals surface area contributed by atoms with Crippen molar-refractivity contribution in [3.05, 3.63) is 58.1 Å². The van der Waals surface area contributed by atoms with Gasteiger partial charge in [0.25, 0.3) is 0 Å². The van der Waals surface area contributed by atoms with Gasteiger partial charge in [0.1, 0.15) is 12.4 Å². The molecular weight excluding hydrogens is 412 g/mol. The minimum Gasteiger partial charge on any atom is -0.491 e. The van der Waals surface area contributed by atoms with Crippen LogP contribution in [-0.2, 0) is 11.2 Å². The van der Waals surface area contributed by atoms with E-state index < -0.39 is 5.60 Å². The summed E-state index contributed by atoms with van der Waals surface area (Å²) in [4.78, 5) is 17.0. The molecule has 31 heavy (non-hydrogen) atoms. The van der Waals surface area contributed by atoms with Crippen molar-refractivity contribution in [3.8, 4) is 5.75 Å². The van der Waals surface area contributed by atoms with Gasteiger partial charge in [0.2, 0.25) is 5.91 Å². The number of aryl methyl sites for hydroxylation is 2. The van der Waals surface area contributed by atoms with Crippen molar-refractivity contribution in [2.75, 3.05) is 37.7 Å². The molecule has 0 aliphatic carbocycles. The summed E-state index contributed by atoms with van der Waals surface area (Å²) < 4.78 is 5.96. The number of anilines is 1. The summed E-state index contributed by atoms with van der Waals surface area (Å²) in [5.74, 6) is 0.871. The Hall–Kier alpha value is -2.08. The van der Waals surface area contributed by atoms with Gasteiger partial charge in [0.05, 0.1) is 12.1 Å². The lowest BCUT2D eigenvalue weighted by atomic mass is 9.96. The van der Waals surface area contributed by atoms with Gasteiger partial charge in [0.15, 0.2) is 0 Å². The van der Waals surface area contributed by atoms with E-state index >= 15 is 0 Å². The van der Waals surface area contributed by atoms with Crippen LogP contribution < -0.4 is 9.64 Å². The van der Waals surface area contributed by atoms with Crippen molar-refractivity contribution in [2.45, 2.75) is 45.1 Å². The zero-order valence-electron chi connectivity index (χ0n) is 18.4. The third-order valence-electron chi connectivity index (χ3n) is 6.47. The average molecular weight is 443 g/mol. The summed E-state index contributed by atoms with van der Waals surface area (Å²) in [5.41, 5.74) is 3.33. The molecule has 2 aromatic rings. The van der Waals surface area contributed by atoms with Crippen molar-refractivity contribution in [1.82, 2.24) is 4.90 Å². The molecule has 0 saturated carbocycles. The first-order chi connectivity index (χ1) is 14.8. The molecule has 0 spiro atoms. The Morgan fingerprint density at radius 3 is 2.65 bits per heavy atom. The predicted molar refractivity (Wildman–Crippen MR) is 124 cm³/mol. The molecule has 2 aliphatic rings. The molecule has 0 radical (unpaired) electrons. The number of fused-ring (bicyclic) bond motifs is 1. The lowest BCUT2D eigenvalue weighted by Crippen LogP contribution is -2.41. The molecule has 166 valence electrons. The number of amides is 1. The molecule has 1 atom stereocenters. The number of likely N-dealkylation sites (tertiary alicyclic amines) is 1. The molecule has 2 aromatic carbocycles. The molecule has 4 rings (SSSR count). The minimum atomic E-state index is -0.889. The number of rotatable bonds is 5. The van der Waals surface area contributed by atoms with E-state index in [9.17, 15) is 9.90 Å². The van der Waals surface area contributed by atoms with E-state index in [1.165, 1.54) is 5.56 Å². The van der Waals surface area contributed by atoms with Gasteiger partial charge in [-0.05, 0) is 81.0 Å². The van der Waals surface area contributed by atoms with Crippen LogP contribution in [0.1, 0.15) is 36.0 Å². The molecular formula is C25H31ClN2O3. The Morgan fingerprint density at radius 2 is 1.87 bits per heavy atom. The van der Waals surface area contributed by atoms with Gasteiger partial charge < -0.3 is 14.7 Å². The Kier molecular flexibility index (Phi) is 6.56. The van der Waals surface area contributed by atoms with Crippen molar-refractivity contribution in [1.29, 1.82) is 0 Å². The zero-order valence-corrected chi connectivity index (χ0v) is 19.1. The van der Waals surface area contributed by atoms with Crippen LogP contribution in [0.25, 0.3) is 0 Å². The topological polar surface area (TPSA) is 53.0 Å². The summed E-state index contributed by atoms with van der Waals surface area (Å²) >= 11 is 6.24. The second-order valence-corrected chi connectivity index (χ2v) is 9.32. The molecule has 1 fully saturated rings. The van der Waals surface area contributed by atoms with E-state index in [0.29, 0.717) is 25.9 Å². The maximum Gasteiger partial charge on any atom is 0.241 e. The number of carbonyl (C=O) groups is 1. The Labute approximate surface area is 189 Å². The van der Waals surface area contributed by atoms with Crippen LogP contribution in [0.4, 0.5) is 5.69 Å². The molecule has 0 bridgehead atoms. The fraction of sp³-hybridized carbons (Fsp3) is 0.480. The molecule has 5 nitrogen and oxygen atoms in total. The number of benzene rings is 2. The van der Waals surface area contributed by atoms with Gasteiger partial charge in [0, 0.05) is 23.8 Å². The first kappa shape index (κ1) is 22.1. The van der Waals surface area contributed by atoms with Crippen LogP contribution in [-0.4, -0.2) is 54.3 Å². The summed E-state index contributed by atoms with van der Waals surface area (Å²) in [7, 11) is 0. The maximum atomic E-state index is 12.9. The highest BCUT2D eigenvalue weighted by Crippen LogP contribution is 2.30. The summed E-state index contributed by atoms with van der Waals surface area (Å²) in [6.07, 6.45) is 3.00. The number of halogens is 1. The standard InChI is InChI=1S/C25H31ClN2O3/c1-18-14-21(15-19(2)24(18)26)31-17-25(30)9-5-11-27(13-10-25)16-23(29)28-12-8-20-6-3-4-7-22(20)28/h3-4,6-7,14-15,30H,5,8-13,16-17H2,1-2H3. The van der Waals surface area contributed by atoms with Gasteiger partial charge in [-0.15, -0.1) is 0 Å². The van der Waals surface area contributed by atoms with Gasteiger partial charge in [-0.3, -0.25) is 9.69 Å². The van der Waals surface area contributed by atoms with Crippen molar-refractivity contribution in [2.24, 2.45) is 0 Å². The smallest absolute Gasteiger partial charge is 0.241 e. The van der Waals surface area contributed by atoms with E-state index in [0.717, 1.165) is 53.5 Å². The average Bonchev–Trinajstić information content (AvgIpc) is 3.10. The van der Waals surface area contributed by atoms with Crippen molar-refractivity contribution >= 4 is 23.2 Å². The molecule has 1 saturated heterocycles. The van der Waals surface area contributed by atoms with Crippen molar-refractivity contribution < 1.29 is 14.6 Å². The zero-order chi connectivity index (χ0) is 22.0. The number of aliphatic hydroxyl groups is 1. The Morgan fingerprint density at radius 1 is 1.13 bits per heavy atom. The van der Waals surface area contributed by atoms with E-state index in [2.05, 4.69) is 11.0 Å². The quantitative estimate of drug-likeness (QED) is 0.756. The van der Waals surface area contributed by atoms with Crippen LogP contribution in [0.2, 0.25) is 5.02 Å². The van der Waals surface area contributed by atoms with Crippen LogP contribution in [0.3, 0.4) is 0 Å². The number of hydrogen-bond donors (Lipinski definition) is 1. The SMILES string of the molecule is Cc1cc(OCC2(O)CCCN(CC(=O)N3CCc4ccccc43)CC2)cc(C)c1Cl. The number of carbonyl (C=O) groups excluding carboxylic acids is 1. The number of hydrogen-bond acceptors (Lipinski definition) is 4. The van der Waals surface area contributed by atoms with Gasteiger partial charge in [-0.2, -0.15) is 0 Å². The predicted octanol–water partition coefficient (Wildman–Crippen LogP) is 4.14. The normalized spacial score (nSPS) is 21.6. The molecule has 1 unspecified atom stereocenters. The molecule has 6 heteroatoms. The number of ether oxygens (including phenoxy) is 1. The third kappa shape index (κ3) is 5.05. The van der Waals surface area contributed by atoms with E-state index in [1.807, 2.05) is 49.1 Å². The highest BCUT2D eigenvalue weighted by molar-refractivity contribution is 6.32. The molecule has 1 amide bonds. The fourth-order valence-corrected chi connectivity index (χ4v) is 4.73. The minimum absolute atomic E-state index is 0.138. The first-order valence-electron chi connectivity index (χ1n) is 11.1. The third-order valence-corrected chi connectivity index (χ3v) is 7.07. The second kappa shape index (κ2) is 9.19. The van der Waals surface area contributed by atoms with Gasteiger partial charge in [-0.25, -0.2) is 0 Å². The fourth-order valence-electron chi connectivity index (χ4n) is 4.62. The Bertz CT molecular complexity index is 941. The number of para-hydroxylation sites is 1. The van der Waals surface area contributed by atoms with Crippen LogP contribution in [0, 0.1) is 13.8 Å². The van der Waals surface area contributed by atoms with E-state index in [1.54, 1.807) is 0 Å².